The predicted octanol–water partition coefficient (Wildman–Crippen LogP) is 6.11. The Kier molecular flexibility index (Phi) is 5.11. The van der Waals surface area contributed by atoms with Gasteiger partial charge in [0.1, 0.15) is 12.4 Å². The fourth-order valence-electron chi connectivity index (χ4n) is 2.04. The highest BCUT2D eigenvalue weighted by Crippen LogP contribution is 2.29. The van der Waals surface area contributed by atoms with Crippen LogP contribution in [0.25, 0.3) is 0 Å². The minimum Gasteiger partial charge on any atom is -0.489 e. The molecule has 2 rings (SSSR count). The Bertz CT molecular complexity index is 608. The maximum absolute atomic E-state index is 6.22. The summed E-state index contributed by atoms with van der Waals surface area (Å²) in [6.45, 7) is 6.90. The Morgan fingerprint density at radius 3 is 2.55 bits per heavy atom. The van der Waals surface area contributed by atoms with E-state index in [1.807, 2.05) is 18.2 Å². The molecule has 0 aliphatic heterocycles. The molecule has 0 atom stereocenters. The molecule has 106 valence electrons. The minimum atomic E-state index is 0.436. The van der Waals surface area contributed by atoms with Gasteiger partial charge >= 0.3 is 0 Å². The van der Waals surface area contributed by atoms with E-state index in [9.17, 15) is 0 Å². The average molecular weight is 354 g/mol. The van der Waals surface area contributed by atoms with Gasteiger partial charge in [0.05, 0.1) is 0 Å². The zero-order valence-corrected chi connectivity index (χ0v) is 14.3. The molecule has 0 aliphatic rings. The summed E-state index contributed by atoms with van der Waals surface area (Å²) in [5.41, 5.74) is 3.42. The maximum atomic E-state index is 6.22. The van der Waals surface area contributed by atoms with Crippen molar-refractivity contribution in [2.24, 2.45) is 0 Å². The third-order valence-electron chi connectivity index (χ3n) is 3.19. The summed E-state index contributed by atoms with van der Waals surface area (Å²) in [6.07, 6.45) is 0. The fraction of sp³-hybridized carbons (Fsp3) is 0.294. The number of hydrogen-bond acceptors (Lipinski definition) is 1. The Morgan fingerprint density at radius 1 is 1.15 bits per heavy atom. The number of ether oxygens (including phenoxy) is 1. The third kappa shape index (κ3) is 3.77. The van der Waals surface area contributed by atoms with Gasteiger partial charge in [-0.2, -0.15) is 0 Å². The van der Waals surface area contributed by atoms with Gasteiger partial charge in [0, 0.05) is 15.1 Å². The molecule has 0 saturated heterocycles. The molecule has 0 bridgehead atoms. The SMILES string of the molecule is Cc1ccc(C(C)C)c(OCc2ccc(Br)cc2Cl)c1. The van der Waals surface area contributed by atoms with Gasteiger partial charge in [0.2, 0.25) is 0 Å². The second kappa shape index (κ2) is 6.64. The van der Waals surface area contributed by atoms with E-state index < -0.39 is 0 Å². The first-order valence-electron chi connectivity index (χ1n) is 6.64. The average Bonchev–Trinajstić information content (AvgIpc) is 2.37. The molecule has 2 aromatic carbocycles. The van der Waals surface area contributed by atoms with Gasteiger partial charge in [0.25, 0.3) is 0 Å². The molecule has 0 saturated carbocycles. The lowest BCUT2D eigenvalue weighted by Gasteiger charge is -2.15. The summed E-state index contributed by atoms with van der Waals surface area (Å²) < 4.78 is 6.96. The molecule has 0 aromatic heterocycles. The molecule has 0 amide bonds. The van der Waals surface area contributed by atoms with Gasteiger partial charge < -0.3 is 4.74 Å². The van der Waals surface area contributed by atoms with E-state index in [1.54, 1.807) is 0 Å². The van der Waals surface area contributed by atoms with Crippen LogP contribution in [0.3, 0.4) is 0 Å². The summed E-state index contributed by atoms with van der Waals surface area (Å²) in [4.78, 5) is 0. The predicted molar refractivity (Wildman–Crippen MR) is 88.8 cm³/mol. The van der Waals surface area contributed by atoms with Crippen LogP contribution in [0.15, 0.2) is 40.9 Å². The molecule has 0 aliphatic carbocycles. The minimum absolute atomic E-state index is 0.436. The van der Waals surface area contributed by atoms with Crippen molar-refractivity contribution in [2.75, 3.05) is 0 Å². The number of halogens is 2. The summed E-state index contributed by atoms with van der Waals surface area (Å²) in [7, 11) is 0. The largest absolute Gasteiger partial charge is 0.489 e. The van der Waals surface area contributed by atoms with Crippen LogP contribution in [0, 0.1) is 6.92 Å². The van der Waals surface area contributed by atoms with Crippen LogP contribution in [0.4, 0.5) is 0 Å². The monoisotopic (exact) mass is 352 g/mol. The maximum Gasteiger partial charge on any atom is 0.123 e. The fourth-order valence-corrected chi connectivity index (χ4v) is 2.77. The highest BCUT2D eigenvalue weighted by Gasteiger charge is 2.09. The van der Waals surface area contributed by atoms with Crippen molar-refractivity contribution in [3.8, 4) is 5.75 Å². The van der Waals surface area contributed by atoms with E-state index in [0.717, 1.165) is 20.8 Å². The van der Waals surface area contributed by atoms with E-state index >= 15 is 0 Å². The second-order valence-corrected chi connectivity index (χ2v) is 6.54. The van der Waals surface area contributed by atoms with Crippen molar-refractivity contribution in [1.82, 2.24) is 0 Å². The van der Waals surface area contributed by atoms with Gasteiger partial charge in [-0.25, -0.2) is 0 Å². The van der Waals surface area contributed by atoms with Crippen molar-refractivity contribution in [2.45, 2.75) is 33.3 Å². The lowest BCUT2D eigenvalue weighted by molar-refractivity contribution is 0.301. The van der Waals surface area contributed by atoms with E-state index in [2.05, 4.69) is 54.9 Å². The van der Waals surface area contributed by atoms with Crippen molar-refractivity contribution in [1.29, 1.82) is 0 Å². The second-order valence-electron chi connectivity index (χ2n) is 5.22. The molecule has 0 fully saturated rings. The van der Waals surface area contributed by atoms with Crippen molar-refractivity contribution < 1.29 is 4.74 Å². The Morgan fingerprint density at radius 2 is 1.90 bits per heavy atom. The third-order valence-corrected chi connectivity index (χ3v) is 4.03. The molecule has 0 spiro atoms. The standard InChI is InChI=1S/C17H18BrClO/c1-11(2)15-7-4-12(3)8-17(15)20-10-13-5-6-14(18)9-16(13)19/h4-9,11H,10H2,1-3H3. The van der Waals surface area contributed by atoms with Crippen molar-refractivity contribution >= 4 is 27.5 Å². The lowest BCUT2D eigenvalue weighted by Crippen LogP contribution is -2.01. The van der Waals surface area contributed by atoms with E-state index in [1.165, 1.54) is 11.1 Å². The zero-order chi connectivity index (χ0) is 14.7. The molecule has 0 N–H and O–H groups in total. The normalized spacial score (nSPS) is 10.9. The van der Waals surface area contributed by atoms with Gasteiger partial charge in [-0.3, -0.25) is 0 Å². The molecule has 20 heavy (non-hydrogen) atoms. The van der Waals surface area contributed by atoms with Gasteiger partial charge in [0.15, 0.2) is 0 Å². The number of aryl methyl sites for hydroxylation is 1. The topological polar surface area (TPSA) is 9.23 Å². The molecule has 0 heterocycles. The van der Waals surface area contributed by atoms with E-state index in [0.29, 0.717) is 12.5 Å². The van der Waals surface area contributed by atoms with Crippen LogP contribution in [-0.2, 0) is 6.61 Å². The summed E-state index contributed by atoms with van der Waals surface area (Å²) in [6, 6.07) is 12.2. The van der Waals surface area contributed by atoms with Crippen LogP contribution in [0.2, 0.25) is 5.02 Å². The molecule has 0 unspecified atom stereocenters. The molecular weight excluding hydrogens is 336 g/mol. The summed E-state index contributed by atoms with van der Waals surface area (Å²) in [5.74, 6) is 1.38. The first kappa shape index (κ1) is 15.4. The highest BCUT2D eigenvalue weighted by molar-refractivity contribution is 9.10. The Labute approximate surface area is 134 Å². The lowest BCUT2D eigenvalue weighted by atomic mass is 10.0. The number of benzene rings is 2. The van der Waals surface area contributed by atoms with E-state index in [-0.39, 0.29) is 0 Å². The number of hydrogen-bond donors (Lipinski definition) is 0. The quantitative estimate of drug-likeness (QED) is 0.644. The molecule has 0 radical (unpaired) electrons. The van der Waals surface area contributed by atoms with Crippen LogP contribution in [0.1, 0.15) is 36.5 Å². The summed E-state index contributed by atoms with van der Waals surface area (Å²) >= 11 is 9.63. The number of rotatable bonds is 4. The van der Waals surface area contributed by atoms with Gasteiger partial charge in [-0.1, -0.05) is 59.6 Å². The molecular formula is C17H18BrClO. The first-order valence-corrected chi connectivity index (χ1v) is 7.81. The van der Waals surface area contributed by atoms with Crippen LogP contribution in [0.5, 0.6) is 5.75 Å². The first-order chi connectivity index (χ1) is 9.47. The smallest absolute Gasteiger partial charge is 0.123 e. The zero-order valence-electron chi connectivity index (χ0n) is 11.9. The Hall–Kier alpha value is -0.990. The summed E-state index contributed by atoms with van der Waals surface area (Å²) in [5, 5.41) is 0.720. The van der Waals surface area contributed by atoms with Gasteiger partial charge in [-0.15, -0.1) is 0 Å². The molecule has 2 aromatic rings. The highest BCUT2D eigenvalue weighted by atomic mass is 79.9. The van der Waals surface area contributed by atoms with Crippen molar-refractivity contribution in [3.05, 3.63) is 62.6 Å². The van der Waals surface area contributed by atoms with E-state index in [4.69, 9.17) is 16.3 Å². The van der Waals surface area contributed by atoms with Gasteiger partial charge in [-0.05, 0) is 42.2 Å². The Balaban J connectivity index is 2.20. The van der Waals surface area contributed by atoms with Crippen molar-refractivity contribution in [3.63, 3.8) is 0 Å². The molecule has 3 heteroatoms. The van der Waals surface area contributed by atoms with Crippen LogP contribution < -0.4 is 4.74 Å². The molecule has 1 nitrogen and oxygen atoms in total. The van der Waals surface area contributed by atoms with Crippen LogP contribution >= 0.6 is 27.5 Å². The van der Waals surface area contributed by atoms with Crippen LogP contribution in [-0.4, -0.2) is 0 Å².